The number of carbonyl (C=O) groups is 15. The molecule has 5 rings (SSSR count). The van der Waals surface area contributed by atoms with Crippen LogP contribution >= 0.6 is 21.6 Å². The number of amides is 12. The van der Waals surface area contributed by atoms with Gasteiger partial charge in [-0.15, -0.1) is 0 Å². The first-order valence-corrected chi connectivity index (χ1v) is 36.6. The minimum Gasteiger partial charge on any atom is -0.481 e. The lowest BCUT2D eigenvalue weighted by Gasteiger charge is -2.29. The van der Waals surface area contributed by atoms with E-state index in [1.165, 1.54) is 13.8 Å². The molecule has 0 aliphatic carbocycles. The first-order valence-electron chi connectivity index (χ1n) is 34.1. The van der Waals surface area contributed by atoms with Crippen molar-refractivity contribution < 1.29 is 97.5 Å². The van der Waals surface area contributed by atoms with Gasteiger partial charge in [0.25, 0.3) is 0 Å². The summed E-state index contributed by atoms with van der Waals surface area (Å²) in [4.78, 5) is 213. The fraction of sp³-hybridized carbons (Fsp3) is 0.544. The Balaban J connectivity index is 1.62. The Bertz CT molecular complexity index is 3760. The van der Waals surface area contributed by atoms with Crippen LogP contribution in [0.2, 0.25) is 0 Å². The van der Waals surface area contributed by atoms with Crippen LogP contribution in [0.15, 0.2) is 60.9 Å². The van der Waals surface area contributed by atoms with Crippen LogP contribution in [0, 0.1) is 17.8 Å². The van der Waals surface area contributed by atoms with E-state index in [0.717, 1.165) is 35.4 Å². The molecule has 2 aromatic carbocycles. The van der Waals surface area contributed by atoms with Gasteiger partial charge in [-0.2, -0.15) is 0 Å². The molecule has 0 spiro atoms. The number of aliphatic carboxylic acids is 3. The van der Waals surface area contributed by atoms with Crippen LogP contribution in [-0.2, 0) is 84.8 Å². The van der Waals surface area contributed by atoms with E-state index in [0.29, 0.717) is 32.9 Å². The van der Waals surface area contributed by atoms with Gasteiger partial charge in [0.2, 0.25) is 70.9 Å². The lowest BCUT2D eigenvalue weighted by Crippen LogP contribution is -2.61. The van der Waals surface area contributed by atoms with Crippen LogP contribution in [-0.4, -0.2) is 227 Å². The third-order valence-corrected chi connectivity index (χ3v) is 19.1. The molecule has 576 valence electrons. The molecule has 1 fully saturated rings. The second-order valence-corrected chi connectivity index (χ2v) is 29.4. The van der Waals surface area contributed by atoms with Crippen LogP contribution in [0.4, 0.5) is 0 Å². The SMILES string of the molecule is CC(=O)N[C@@H](CC(=O)O)C(O)N[C@H]1CSSC[C@@H](C(=O)N[C@H](C(=O)O)[C@@H](C)O)NC(=O)[C@H](Cc2c[nH]c3ccccc23)NC(=O)[C@H](C(C)C)NC(=O)[C@H](CC(C)C)NC(=O)[C@H](CCC(=O)O)NC(=O)CNC(=O)[C@H](CC(C)C)NC(=O)[C@H](C)NC(=O)[C@H](Cc2c[nH]c3ccccc23)NC(=O)[C@H](C)NC1=O. The number of aromatic amines is 2. The quantitative estimate of drug-likeness (QED) is 0.0304. The van der Waals surface area contributed by atoms with Crippen molar-refractivity contribution in [1.82, 2.24) is 79.1 Å². The van der Waals surface area contributed by atoms with Gasteiger partial charge < -0.3 is 99.3 Å². The Morgan fingerprint density at radius 3 is 1.51 bits per heavy atom. The second-order valence-electron chi connectivity index (χ2n) is 26.9. The highest BCUT2D eigenvalue weighted by Gasteiger charge is 2.38. The predicted octanol–water partition coefficient (Wildman–Crippen LogP) is -1.83. The summed E-state index contributed by atoms with van der Waals surface area (Å²) in [5, 5.41) is 85.3. The fourth-order valence-electron chi connectivity index (χ4n) is 11.2. The number of hydrogen-bond donors (Lipinski definition) is 20. The van der Waals surface area contributed by atoms with Crippen molar-refractivity contribution in [3.8, 4) is 0 Å². The lowest BCUT2D eigenvalue weighted by molar-refractivity contribution is -0.145. The number of carbonyl (C=O) groups excluding carboxylic acids is 12. The highest BCUT2D eigenvalue weighted by Crippen LogP contribution is 2.26. The summed E-state index contributed by atoms with van der Waals surface area (Å²) in [6.07, 6.45) is -3.25. The molecule has 14 atom stereocenters. The molecule has 37 heteroatoms. The minimum atomic E-state index is -2.00. The summed E-state index contributed by atoms with van der Waals surface area (Å²) in [6.45, 7) is 13.8. The molecule has 2 aromatic heterocycles. The van der Waals surface area contributed by atoms with Gasteiger partial charge in [-0.1, -0.05) is 99.5 Å². The number of nitrogens with one attached hydrogen (secondary N) is 15. The number of carboxylic acid groups (broad SMARTS) is 3. The molecule has 12 amide bonds. The number of aromatic nitrogens is 2. The van der Waals surface area contributed by atoms with E-state index in [1.807, 2.05) is 0 Å². The van der Waals surface area contributed by atoms with Crippen LogP contribution in [0.1, 0.15) is 112 Å². The molecule has 20 N–H and O–H groups in total. The molecule has 0 radical (unpaired) electrons. The highest BCUT2D eigenvalue weighted by atomic mass is 33.1. The molecule has 35 nitrogen and oxygen atoms in total. The Kier molecular flexibility index (Phi) is 33.5. The molecule has 1 unspecified atom stereocenters. The maximum absolute atomic E-state index is 15.0. The first kappa shape index (κ1) is 85.8. The Hall–Kier alpha value is -9.85. The monoisotopic (exact) mass is 1510 g/mol. The second kappa shape index (κ2) is 41.0. The number of benzene rings is 2. The molecule has 1 aliphatic rings. The van der Waals surface area contributed by atoms with Gasteiger partial charge in [-0.05, 0) is 81.0 Å². The van der Waals surface area contributed by atoms with Crippen LogP contribution < -0.4 is 69.1 Å². The maximum Gasteiger partial charge on any atom is 0.328 e. The molecule has 1 aliphatic heterocycles. The van der Waals surface area contributed by atoms with E-state index in [1.54, 1.807) is 102 Å². The zero-order valence-corrected chi connectivity index (χ0v) is 61.5. The molecule has 0 bridgehead atoms. The van der Waals surface area contributed by atoms with Gasteiger partial charge in [0, 0.05) is 71.9 Å². The van der Waals surface area contributed by atoms with E-state index in [2.05, 4.69) is 79.1 Å². The summed E-state index contributed by atoms with van der Waals surface area (Å²) in [6, 6.07) is -5.16. The van der Waals surface area contributed by atoms with Gasteiger partial charge in [-0.3, -0.25) is 72.4 Å². The minimum absolute atomic E-state index is 0.0156. The molecule has 1 saturated heterocycles. The predicted molar refractivity (Wildman–Crippen MR) is 385 cm³/mol. The van der Waals surface area contributed by atoms with E-state index in [4.69, 9.17) is 0 Å². The van der Waals surface area contributed by atoms with Crippen molar-refractivity contribution in [1.29, 1.82) is 0 Å². The summed E-state index contributed by atoms with van der Waals surface area (Å²) < 4.78 is 0. The molecule has 3 heterocycles. The Labute approximate surface area is 612 Å². The van der Waals surface area contributed by atoms with Gasteiger partial charge in [0.1, 0.15) is 60.6 Å². The summed E-state index contributed by atoms with van der Waals surface area (Å²) in [5.41, 5.74) is 2.25. The van der Waals surface area contributed by atoms with Crippen molar-refractivity contribution in [2.75, 3.05) is 18.1 Å². The van der Waals surface area contributed by atoms with Crippen molar-refractivity contribution in [3.05, 3.63) is 72.1 Å². The molecule has 4 aromatic rings. The number of carboxylic acids is 3. The zero-order valence-electron chi connectivity index (χ0n) is 59.8. The van der Waals surface area contributed by atoms with Crippen molar-refractivity contribution in [2.45, 2.75) is 199 Å². The molecular formula is C68H97N15O20S2. The molecular weight excluding hydrogens is 1410 g/mol. The first-order chi connectivity index (χ1) is 49.4. The van der Waals surface area contributed by atoms with E-state index >= 15 is 4.79 Å². The largest absolute Gasteiger partial charge is 0.481 e. The number of para-hydroxylation sites is 2. The van der Waals surface area contributed by atoms with Gasteiger partial charge >= 0.3 is 17.9 Å². The number of aliphatic hydroxyl groups excluding tert-OH is 2. The summed E-state index contributed by atoms with van der Waals surface area (Å²) in [7, 11) is 1.57. The molecule has 0 saturated carbocycles. The topological polar surface area (TPSA) is 545 Å². The standard InChI is InChI=1S/C68H97N15O20S2/c1-31(2)21-45-59(93)71-28-52(86)75-44(19-20-53(87)88)60(94)78-46(22-32(3)4)64(98)82-55(33(5)6)67(101)79-48(24-39-27-70-43-18-14-12-16-41(39)43)62(96)81-51(66(100)83-56(36(9)84)68(102)103)30-105-104-29-50(80-63(97)49(25-54(89)90)74-37(10)85)65(99)73-35(8)58(92)77-47(61(95)72-34(7)57(91)76-45)23-38-26-69-42-17-13-11-15-40(38)42/h11-18,26-27,31-36,44-51,55-56,63,69-70,80,84,97H,19-25,28-30H2,1-10H3,(H,71,93)(H,72,95)(H,73,99)(H,74,85)(H,75,86)(H,76,91)(H,77,92)(H,78,94)(H,79,101)(H,81,96)(H,82,98)(H,83,100)(H,87,88)(H,89,90)(H,102,103)/t34-,35-,36+,44-,45-,46-,47-,48-,49-,50-,51-,55-,56-,63?/m0/s1. The van der Waals surface area contributed by atoms with Crippen LogP contribution in [0.3, 0.4) is 0 Å². The smallest absolute Gasteiger partial charge is 0.328 e. The average molecular weight is 1510 g/mol. The van der Waals surface area contributed by atoms with Crippen molar-refractivity contribution in [2.24, 2.45) is 17.8 Å². The van der Waals surface area contributed by atoms with Gasteiger partial charge in [-0.25, -0.2) is 4.79 Å². The summed E-state index contributed by atoms with van der Waals surface area (Å²) in [5.74, 6) is -18.6. The number of rotatable bonds is 22. The van der Waals surface area contributed by atoms with Gasteiger partial charge in [0.05, 0.1) is 31.2 Å². The van der Waals surface area contributed by atoms with E-state index in [9.17, 15) is 92.7 Å². The van der Waals surface area contributed by atoms with Crippen LogP contribution in [0.5, 0.6) is 0 Å². The summed E-state index contributed by atoms with van der Waals surface area (Å²) >= 11 is 0. The van der Waals surface area contributed by atoms with E-state index in [-0.39, 0.29) is 37.5 Å². The molecule has 105 heavy (non-hydrogen) atoms. The Morgan fingerprint density at radius 1 is 0.533 bits per heavy atom. The number of H-pyrrole nitrogens is 2. The lowest BCUT2D eigenvalue weighted by atomic mass is 9.98. The van der Waals surface area contributed by atoms with Gasteiger partial charge in [0.15, 0.2) is 6.04 Å². The zero-order chi connectivity index (χ0) is 78.1. The third-order valence-electron chi connectivity index (χ3n) is 16.7. The number of hydrogen-bond acceptors (Lipinski definition) is 20. The van der Waals surface area contributed by atoms with Crippen molar-refractivity contribution >= 4 is 132 Å². The van der Waals surface area contributed by atoms with E-state index < -0.39 is 217 Å². The van der Waals surface area contributed by atoms with Crippen LogP contribution in [0.25, 0.3) is 21.8 Å². The van der Waals surface area contributed by atoms with Crippen molar-refractivity contribution in [3.63, 3.8) is 0 Å². The fourth-order valence-corrected chi connectivity index (χ4v) is 13.5. The highest BCUT2D eigenvalue weighted by molar-refractivity contribution is 8.76. The average Bonchev–Trinajstić information content (AvgIpc) is 1.69. The number of aliphatic hydroxyl groups is 2. The Morgan fingerprint density at radius 2 is 1.01 bits per heavy atom. The maximum atomic E-state index is 15.0. The third kappa shape index (κ3) is 27.3. The number of fused-ring (bicyclic) bond motifs is 2. The normalized spacial score (nSPS) is 23.8.